The minimum Gasteiger partial charge on any atom is -0.334 e. The molecule has 3 rings (SSSR count). The van der Waals surface area contributed by atoms with Crippen molar-refractivity contribution in [1.29, 1.82) is 0 Å². The Morgan fingerprint density at radius 3 is 2.81 bits per heavy atom. The van der Waals surface area contributed by atoms with Crippen LogP contribution in [-0.4, -0.2) is 33.6 Å². The Morgan fingerprint density at radius 2 is 2.08 bits per heavy atom. The highest BCUT2D eigenvalue weighted by Gasteiger charge is 2.25. The Hall–Kier alpha value is -2.30. The number of aryl methyl sites for hydroxylation is 1. The van der Waals surface area contributed by atoms with Gasteiger partial charge in [-0.1, -0.05) is 30.3 Å². The van der Waals surface area contributed by atoms with E-state index in [-0.39, 0.29) is 6.03 Å². The number of benzene rings is 1. The number of urea groups is 1. The summed E-state index contributed by atoms with van der Waals surface area (Å²) in [5.74, 6) is 1.62. The summed E-state index contributed by atoms with van der Waals surface area (Å²) in [4.78, 5) is 19.1. The highest BCUT2D eigenvalue weighted by atomic mass is 16.2. The van der Waals surface area contributed by atoms with Crippen molar-refractivity contribution in [2.75, 3.05) is 13.1 Å². The fraction of sp³-hybridized carbons (Fsp3) is 0.524. The molecule has 1 aromatic carbocycles. The number of hydrogen-bond donors (Lipinski definition) is 1. The largest absolute Gasteiger partial charge is 0.334 e. The average molecular weight is 354 g/mol. The summed E-state index contributed by atoms with van der Waals surface area (Å²) in [6, 6.07) is 10.5. The van der Waals surface area contributed by atoms with Crippen molar-refractivity contribution >= 4 is 6.03 Å². The van der Waals surface area contributed by atoms with Crippen molar-refractivity contribution in [1.82, 2.24) is 19.8 Å². The second kappa shape index (κ2) is 8.39. The van der Waals surface area contributed by atoms with E-state index in [4.69, 9.17) is 0 Å². The van der Waals surface area contributed by atoms with Crippen LogP contribution in [-0.2, 0) is 13.0 Å². The van der Waals surface area contributed by atoms with Crippen LogP contribution in [0.2, 0.25) is 0 Å². The summed E-state index contributed by atoms with van der Waals surface area (Å²) in [7, 11) is 0. The molecule has 1 aliphatic rings. The van der Waals surface area contributed by atoms with Gasteiger partial charge in [-0.3, -0.25) is 0 Å². The first-order valence-electron chi connectivity index (χ1n) is 9.64. The summed E-state index contributed by atoms with van der Waals surface area (Å²) >= 11 is 0. The van der Waals surface area contributed by atoms with E-state index in [1.165, 1.54) is 5.69 Å². The maximum absolute atomic E-state index is 12.5. The molecule has 1 fully saturated rings. The molecule has 0 radical (unpaired) electrons. The molecule has 1 unspecified atom stereocenters. The van der Waals surface area contributed by atoms with Crippen LogP contribution < -0.4 is 5.32 Å². The van der Waals surface area contributed by atoms with Crippen LogP contribution in [0.5, 0.6) is 0 Å². The van der Waals surface area contributed by atoms with Crippen LogP contribution in [0, 0.1) is 12.8 Å². The third-order valence-electron chi connectivity index (χ3n) is 5.14. The molecule has 0 aliphatic carbocycles. The third-order valence-corrected chi connectivity index (χ3v) is 5.14. The first kappa shape index (κ1) is 18.5. The average Bonchev–Trinajstić information content (AvgIpc) is 3.01. The molecule has 5 heteroatoms. The number of rotatable bonds is 5. The maximum atomic E-state index is 12.5. The summed E-state index contributed by atoms with van der Waals surface area (Å²) < 4.78 is 2.31. The fourth-order valence-corrected chi connectivity index (χ4v) is 3.91. The standard InChI is InChI=1S/C21H30N4O/c1-16(2)25-17(3)13-22-20(25)12-19-10-7-11-24(15-19)21(26)23-14-18-8-5-4-6-9-18/h4-6,8-9,13,16,19H,7,10-12,14-15H2,1-3H3,(H,23,26). The Bertz CT molecular complexity index is 723. The summed E-state index contributed by atoms with van der Waals surface area (Å²) in [5.41, 5.74) is 2.34. The molecule has 1 aliphatic heterocycles. The number of hydrogen-bond acceptors (Lipinski definition) is 2. The zero-order valence-electron chi connectivity index (χ0n) is 16.1. The lowest BCUT2D eigenvalue weighted by Gasteiger charge is -2.33. The monoisotopic (exact) mass is 354 g/mol. The lowest BCUT2D eigenvalue weighted by Crippen LogP contribution is -2.45. The Labute approximate surface area is 156 Å². The van der Waals surface area contributed by atoms with Gasteiger partial charge in [0.15, 0.2) is 0 Å². The minimum atomic E-state index is 0.0435. The number of carbonyl (C=O) groups is 1. The van der Waals surface area contributed by atoms with Gasteiger partial charge >= 0.3 is 6.03 Å². The number of amides is 2. The quantitative estimate of drug-likeness (QED) is 0.884. The van der Waals surface area contributed by atoms with Crippen LogP contribution in [0.4, 0.5) is 4.79 Å². The zero-order valence-corrected chi connectivity index (χ0v) is 16.1. The van der Waals surface area contributed by atoms with E-state index in [0.29, 0.717) is 18.5 Å². The minimum absolute atomic E-state index is 0.0435. The van der Waals surface area contributed by atoms with Crippen molar-refractivity contribution < 1.29 is 4.79 Å². The molecule has 26 heavy (non-hydrogen) atoms. The number of nitrogens with zero attached hydrogens (tertiary/aromatic N) is 3. The highest BCUT2D eigenvalue weighted by molar-refractivity contribution is 5.74. The molecule has 0 spiro atoms. The molecule has 5 nitrogen and oxygen atoms in total. The smallest absolute Gasteiger partial charge is 0.317 e. The first-order chi connectivity index (χ1) is 12.5. The molecule has 2 amide bonds. The molecular formula is C21H30N4O. The van der Waals surface area contributed by atoms with Crippen molar-refractivity contribution in [3.63, 3.8) is 0 Å². The SMILES string of the molecule is Cc1cnc(CC2CCCN(C(=O)NCc3ccccc3)C2)n1C(C)C. The van der Waals surface area contributed by atoms with E-state index < -0.39 is 0 Å². The third kappa shape index (κ3) is 4.45. The van der Waals surface area contributed by atoms with Gasteiger partial charge in [-0.15, -0.1) is 0 Å². The zero-order chi connectivity index (χ0) is 18.5. The van der Waals surface area contributed by atoms with Crippen LogP contribution in [0.1, 0.15) is 49.8 Å². The van der Waals surface area contributed by atoms with Crippen molar-refractivity contribution in [2.45, 2.75) is 52.6 Å². The number of imidazole rings is 1. The van der Waals surface area contributed by atoms with E-state index in [9.17, 15) is 4.79 Å². The van der Waals surface area contributed by atoms with Gasteiger partial charge in [0.1, 0.15) is 5.82 Å². The molecule has 2 heterocycles. The van der Waals surface area contributed by atoms with Crippen LogP contribution in [0.15, 0.2) is 36.5 Å². The van der Waals surface area contributed by atoms with Gasteiger partial charge in [0, 0.05) is 44.0 Å². The van der Waals surface area contributed by atoms with Crippen LogP contribution in [0.3, 0.4) is 0 Å². The van der Waals surface area contributed by atoms with E-state index in [1.54, 1.807) is 0 Å². The van der Waals surface area contributed by atoms with E-state index in [1.807, 2.05) is 41.4 Å². The van der Waals surface area contributed by atoms with E-state index >= 15 is 0 Å². The lowest BCUT2D eigenvalue weighted by molar-refractivity contribution is 0.163. The van der Waals surface area contributed by atoms with Gasteiger partial charge in [0.05, 0.1) is 0 Å². The van der Waals surface area contributed by atoms with Gasteiger partial charge in [-0.05, 0) is 45.1 Å². The number of aromatic nitrogens is 2. The maximum Gasteiger partial charge on any atom is 0.317 e. The molecule has 0 bridgehead atoms. The molecule has 0 saturated carbocycles. The molecule has 1 N–H and O–H groups in total. The Morgan fingerprint density at radius 1 is 1.31 bits per heavy atom. The second-order valence-electron chi connectivity index (χ2n) is 7.58. The topological polar surface area (TPSA) is 50.2 Å². The molecule has 1 atom stereocenters. The number of likely N-dealkylation sites (tertiary alicyclic amines) is 1. The van der Waals surface area contributed by atoms with E-state index in [2.05, 4.69) is 35.6 Å². The molecule has 2 aromatic rings. The van der Waals surface area contributed by atoms with Gasteiger partial charge < -0.3 is 14.8 Å². The first-order valence-corrected chi connectivity index (χ1v) is 9.64. The van der Waals surface area contributed by atoms with Gasteiger partial charge in [0.2, 0.25) is 0 Å². The number of carbonyl (C=O) groups excluding carboxylic acids is 1. The Balaban J connectivity index is 1.56. The number of nitrogens with one attached hydrogen (secondary N) is 1. The summed E-state index contributed by atoms with van der Waals surface area (Å²) in [6.45, 7) is 8.74. The van der Waals surface area contributed by atoms with Gasteiger partial charge in [-0.25, -0.2) is 9.78 Å². The van der Waals surface area contributed by atoms with Crippen molar-refractivity contribution in [3.8, 4) is 0 Å². The highest BCUT2D eigenvalue weighted by Crippen LogP contribution is 2.23. The van der Waals surface area contributed by atoms with Crippen LogP contribution >= 0.6 is 0 Å². The normalized spacial score (nSPS) is 17.5. The Kier molecular flexibility index (Phi) is 5.96. The van der Waals surface area contributed by atoms with Crippen molar-refractivity contribution in [2.24, 2.45) is 5.92 Å². The van der Waals surface area contributed by atoms with E-state index in [0.717, 1.165) is 43.7 Å². The van der Waals surface area contributed by atoms with Crippen molar-refractivity contribution in [3.05, 3.63) is 53.6 Å². The lowest BCUT2D eigenvalue weighted by atomic mass is 9.94. The molecule has 140 valence electrons. The number of piperidine rings is 1. The fourth-order valence-electron chi connectivity index (χ4n) is 3.91. The molecule has 1 aromatic heterocycles. The molecular weight excluding hydrogens is 324 g/mol. The van der Waals surface area contributed by atoms with Crippen LogP contribution in [0.25, 0.3) is 0 Å². The summed E-state index contributed by atoms with van der Waals surface area (Å²) in [5, 5.41) is 3.05. The summed E-state index contributed by atoms with van der Waals surface area (Å²) in [6.07, 6.45) is 5.12. The second-order valence-corrected chi connectivity index (χ2v) is 7.58. The predicted molar refractivity (Wildman–Crippen MR) is 104 cm³/mol. The van der Waals surface area contributed by atoms with Gasteiger partial charge in [0.25, 0.3) is 0 Å². The van der Waals surface area contributed by atoms with Gasteiger partial charge in [-0.2, -0.15) is 0 Å². The predicted octanol–water partition coefficient (Wildman–Crippen LogP) is 3.94. The molecule has 1 saturated heterocycles.